The average molecular weight is 549 g/mol. The van der Waals surface area contributed by atoms with Crippen LogP contribution in [0, 0.1) is 11.8 Å². The van der Waals surface area contributed by atoms with Crippen molar-refractivity contribution in [3.8, 4) is 0 Å². The number of carbonyl (C=O) groups excluding carboxylic acids is 2. The van der Waals surface area contributed by atoms with Crippen LogP contribution in [-0.4, -0.2) is 52.4 Å². The topological polar surface area (TPSA) is 167 Å². The van der Waals surface area contributed by atoms with E-state index in [2.05, 4.69) is 24.1 Å². The van der Waals surface area contributed by atoms with Gasteiger partial charge in [-0.2, -0.15) is 21.6 Å². The molecule has 1 atom stereocenters. The molecule has 2 aliphatic rings. The van der Waals surface area contributed by atoms with Crippen molar-refractivity contribution < 1.29 is 26.4 Å². The lowest BCUT2D eigenvalue weighted by atomic mass is 9.90. The van der Waals surface area contributed by atoms with E-state index < -0.39 is 37.8 Å². The first-order valence-corrected chi connectivity index (χ1v) is 14.7. The lowest BCUT2D eigenvalue weighted by Gasteiger charge is -2.34. The lowest BCUT2D eigenvalue weighted by Crippen LogP contribution is -2.51. The maximum atomic E-state index is 13.5. The fourth-order valence-corrected chi connectivity index (χ4v) is 6.13. The van der Waals surface area contributed by atoms with Crippen LogP contribution in [-0.2, 0) is 25.0 Å². The molecule has 0 radical (unpaired) electrons. The Hall–Kier alpha value is -3.36. The molecule has 1 aromatic carbocycles. The van der Waals surface area contributed by atoms with Gasteiger partial charge in [0.15, 0.2) is 11.7 Å². The standard InChI is InChI=1S/C23H28N6O6S2/c1-4-10-25-37(34,35)27-15-7-8-17-18(13-15)36(32,33)28-21(26-17)19-20(30)16-6-5-11-24-22(16)29(23(19)31)12-9-14(2)3/h5-8,11,13-14,19,25,27H,4,9-10,12H2,1-3H3,(H,26,28). The van der Waals surface area contributed by atoms with Gasteiger partial charge in [-0.1, -0.05) is 20.8 Å². The van der Waals surface area contributed by atoms with Crippen LogP contribution in [0.2, 0.25) is 0 Å². The number of hydrogen-bond acceptors (Lipinski definition) is 8. The summed E-state index contributed by atoms with van der Waals surface area (Å²) >= 11 is 0. The molecule has 37 heavy (non-hydrogen) atoms. The van der Waals surface area contributed by atoms with E-state index in [1.807, 2.05) is 13.8 Å². The Kier molecular flexibility index (Phi) is 7.35. The summed E-state index contributed by atoms with van der Waals surface area (Å²) in [5.41, 5.74) is 0.282. The molecule has 198 valence electrons. The number of fused-ring (bicyclic) bond motifs is 2. The van der Waals surface area contributed by atoms with Gasteiger partial charge in [-0.25, -0.2) is 4.98 Å². The van der Waals surface area contributed by atoms with E-state index >= 15 is 0 Å². The summed E-state index contributed by atoms with van der Waals surface area (Å²) in [6, 6.07) is 6.96. The Morgan fingerprint density at radius 2 is 1.95 bits per heavy atom. The first kappa shape index (κ1) is 26.7. The van der Waals surface area contributed by atoms with Crippen LogP contribution in [0.15, 0.2) is 45.8 Å². The lowest BCUT2D eigenvalue weighted by molar-refractivity contribution is -0.119. The van der Waals surface area contributed by atoms with Gasteiger partial charge in [-0.05, 0) is 49.1 Å². The molecule has 0 aliphatic carbocycles. The summed E-state index contributed by atoms with van der Waals surface area (Å²) in [5.74, 6) is -2.52. The highest BCUT2D eigenvalue weighted by molar-refractivity contribution is 7.91. The van der Waals surface area contributed by atoms with Crippen LogP contribution in [0.5, 0.6) is 0 Å². The van der Waals surface area contributed by atoms with E-state index in [0.29, 0.717) is 19.4 Å². The van der Waals surface area contributed by atoms with Crippen molar-refractivity contribution in [3.63, 3.8) is 0 Å². The van der Waals surface area contributed by atoms with Gasteiger partial charge >= 0.3 is 0 Å². The molecule has 0 saturated carbocycles. The predicted molar refractivity (Wildman–Crippen MR) is 139 cm³/mol. The maximum absolute atomic E-state index is 13.5. The minimum Gasteiger partial charge on any atom is -0.341 e. The van der Waals surface area contributed by atoms with E-state index in [0.717, 1.165) is 6.07 Å². The van der Waals surface area contributed by atoms with Crippen LogP contribution in [0.4, 0.5) is 17.2 Å². The Morgan fingerprint density at radius 3 is 2.65 bits per heavy atom. The summed E-state index contributed by atoms with van der Waals surface area (Å²) < 4.78 is 58.9. The highest BCUT2D eigenvalue weighted by atomic mass is 32.2. The predicted octanol–water partition coefficient (Wildman–Crippen LogP) is 2.14. The first-order valence-electron chi connectivity index (χ1n) is 11.8. The molecule has 1 unspecified atom stereocenters. The second kappa shape index (κ2) is 10.2. The molecule has 0 bridgehead atoms. The number of hydrogen-bond donors (Lipinski definition) is 3. The van der Waals surface area contributed by atoms with Crippen molar-refractivity contribution >= 4 is 55.0 Å². The zero-order valence-electron chi connectivity index (χ0n) is 20.6. The molecule has 2 aromatic rings. The number of amidine groups is 1. The van der Waals surface area contributed by atoms with Crippen molar-refractivity contribution in [2.75, 3.05) is 28.0 Å². The molecule has 14 heteroatoms. The highest BCUT2D eigenvalue weighted by Crippen LogP contribution is 2.35. The Bertz CT molecular complexity index is 1490. The Morgan fingerprint density at radius 1 is 1.19 bits per heavy atom. The molecule has 0 fully saturated rings. The van der Waals surface area contributed by atoms with Crippen LogP contribution in [0.25, 0.3) is 0 Å². The molecule has 3 N–H and O–H groups in total. The molecule has 3 heterocycles. The van der Waals surface area contributed by atoms with Crippen LogP contribution in [0.3, 0.4) is 0 Å². The quantitative estimate of drug-likeness (QED) is 0.401. The molecule has 2 aliphatic heterocycles. The zero-order chi connectivity index (χ0) is 27.0. The van der Waals surface area contributed by atoms with Crippen molar-refractivity contribution in [3.05, 3.63) is 42.1 Å². The summed E-state index contributed by atoms with van der Waals surface area (Å²) in [4.78, 5) is 32.2. The van der Waals surface area contributed by atoms with Crippen LogP contribution in [0.1, 0.15) is 44.0 Å². The monoisotopic (exact) mass is 548 g/mol. The molecular formula is C23H28N6O6S2. The number of sulfonamides is 1. The van der Waals surface area contributed by atoms with E-state index in [9.17, 15) is 26.4 Å². The normalized spacial score (nSPS) is 18.6. The van der Waals surface area contributed by atoms with Crippen molar-refractivity contribution in [2.45, 2.75) is 38.5 Å². The zero-order valence-corrected chi connectivity index (χ0v) is 22.2. The number of anilines is 3. The smallest absolute Gasteiger partial charge is 0.299 e. The molecule has 1 amide bonds. The number of Topliss-reactive ketones (excluding diaryl/α,β-unsaturated/α-hetero) is 1. The third-order valence-corrected chi connectivity index (χ3v) is 8.24. The molecule has 0 saturated heterocycles. The van der Waals surface area contributed by atoms with Gasteiger partial charge in [0.1, 0.15) is 16.5 Å². The summed E-state index contributed by atoms with van der Waals surface area (Å²) in [5, 5.41) is 2.81. The number of nitrogens with zero attached hydrogens (tertiary/aromatic N) is 3. The molecule has 1 aromatic heterocycles. The van der Waals surface area contributed by atoms with Crippen molar-refractivity contribution in [1.29, 1.82) is 0 Å². The summed E-state index contributed by atoms with van der Waals surface area (Å²) in [6.45, 7) is 6.32. The number of nitrogens with one attached hydrogen (secondary N) is 3. The number of aromatic nitrogens is 1. The summed E-state index contributed by atoms with van der Waals surface area (Å²) in [6.07, 6.45) is 2.72. The number of pyridine rings is 1. The van der Waals surface area contributed by atoms with Crippen molar-refractivity contribution in [2.24, 2.45) is 16.2 Å². The van der Waals surface area contributed by atoms with Gasteiger partial charge in [0.2, 0.25) is 5.91 Å². The second-order valence-electron chi connectivity index (χ2n) is 9.13. The molecule has 12 nitrogen and oxygen atoms in total. The van der Waals surface area contributed by atoms with Crippen molar-refractivity contribution in [1.82, 2.24) is 9.71 Å². The Labute approximate surface area is 215 Å². The third kappa shape index (κ3) is 5.50. The SMILES string of the molecule is CCCNS(=O)(=O)Nc1ccc2c(c1)S(=O)(=O)N=C(C1C(=O)c3cccnc3N(CCC(C)C)C1=O)N2. The fourth-order valence-electron chi connectivity index (χ4n) is 3.97. The summed E-state index contributed by atoms with van der Waals surface area (Å²) in [7, 11) is -8.27. The average Bonchev–Trinajstić information content (AvgIpc) is 2.82. The van der Waals surface area contributed by atoms with E-state index in [4.69, 9.17) is 0 Å². The fraction of sp³-hybridized carbons (Fsp3) is 0.391. The highest BCUT2D eigenvalue weighted by Gasteiger charge is 2.45. The minimum absolute atomic E-state index is 0.0102. The second-order valence-corrected chi connectivity index (χ2v) is 12.2. The van der Waals surface area contributed by atoms with Gasteiger partial charge < -0.3 is 5.32 Å². The number of carbonyl (C=O) groups is 2. The van der Waals surface area contributed by atoms with Gasteiger partial charge in [0.25, 0.3) is 20.2 Å². The number of rotatable bonds is 9. The number of ketones is 1. The van der Waals surface area contributed by atoms with E-state index in [1.54, 1.807) is 19.1 Å². The minimum atomic E-state index is -4.37. The molecule has 0 spiro atoms. The molecule has 4 rings (SSSR count). The van der Waals surface area contributed by atoms with E-state index in [-0.39, 0.29) is 45.9 Å². The number of amides is 1. The van der Waals surface area contributed by atoms with E-state index in [1.165, 1.54) is 23.2 Å². The van der Waals surface area contributed by atoms with Gasteiger partial charge in [-0.3, -0.25) is 19.2 Å². The van der Waals surface area contributed by atoms with Gasteiger partial charge in [0, 0.05) is 19.3 Å². The largest absolute Gasteiger partial charge is 0.341 e. The Balaban J connectivity index is 1.68. The van der Waals surface area contributed by atoms with Gasteiger partial charge in [-0.15, -0.1) is 4.40 Å². The van der Waals surface area contributed by atoms with Crippen LogP contribution >= 0.6 is 0 Å². The van der Waals surface area contributed by atoms with Crippen LogP contribution < -0.4 is 19.7 Å². The third-order valence-electron chi connectivity index (χ3n) is 5.82. The maximum Gasteiger partial charge on any atom is 0.299 e. The first-order chi connectivity index (χ1) is 17.4. The van der Waals surface area contributed by atoms with Gasteiger partial charge in [0.05, 0.1) is 16.9 Å². The molecular weight excluding hydrogens is 520 g/mol. The number of benzene rings is 1.